The molecule has 0 aliphatic heterocycles. The molecule has 7 heteroatoms. The molecule has 2 atom stereocenters. The molecule has 1 fully saturated rings. The number of carbonyl (C=O) groups is 1. The second-order valence-corrected chi connectivity index (χ2v) is 4.29. The predicted molar refractivity (Wildman–Crippen MR) is 63.6 cm³/mol. The Balaban J connectivity index is 1.73. The number of imidazole rings is 1. The number of aromatic amines is 1. The van der Waals surface area contributed by atoms with Crippen LogP contribution in [0, 0.1) is 16.0 Å². The van der Waals surface area contributed by atoms with Gasteiger partial charge in [-0.05, 0) is 12.1 Å². The highest BCUT2D eigenvalue weighted by molar-refractivity contribution is 5.94. The molecular weight excluding hydrogens is 236 g/mol. The van der Waals surface area contributed by atoms with E-state index in [1.807, 2.05) is 24.3 Å². The van der Waals surface area contributed by atoms with Crippen LogP contribution in [0.3, 0.4) is 0 Å². The van der Waals surface area contributed by atoms with Gasteiger partial charge in [0.2, 0.25) is 17.9 Å². The molecule has 1 aromatic carbocycles. The largest absolute Gasteiger partial charge is 0.324 e. The molecule has 3 rings (SSSR count). The van der Waals surface area contributed by atoms with Crippen molar-refractivity contribution in [3.05, 3.63) is 34.4 Å². The maximum Gasteiger partial charge on any atom is 0.237 e. The highest BCUT2D eigenvalue weighted by atomic mass is 16.6. The van der Waals surface area contributed by atoms with Gasteiger partial charge in [0.25, 0.3) is 0 Å². The van der Waals surface area contributed by atoms with Gasteiger partial charge in [-0.3, -0.25) is 20.2 Å². The van der Waals surface area contributed by atoms with E-state index >= 15 is 0 Å². The van der Waals surface area contributed by atoms with Crippen molar-refractivity contribution in [1.29, 1.82) is 0 Å². The number of para-hydroxylation sites is 2. The third-order valence-electron chi connectivity index (χ3n) is 3.00. The first-order chi connectivity index (χ1) is 8.65. The van der Waals surface area contributed by atoms with Crippen molar-refractivity contribution in [1.82, 2.24) is 9.97 Å². The summed E-state index contributed by atoms with van der Waals surface area (Å²) in [5.74, 6) is -0.556. The maximum atomic E-state index is 11.7. The summed E-state index contributed by atoms with van der Waals surface area (Å²) in [6.45, 7) is 0. The van der Waals surface area contributed by atoms with Crippen LogP contribution < -0.4 is 5.32 Å². The zero-order valence-electron chi connectivity index (χ0n) is 9.29. The number of nitrogens with zero attached hydrogens (tertiary/aromatic N) is 2. The van der Waals surface area contributed by atoms with Gasteiger partial charge in [0, 0.05) is 11.3 Å². The molecule has 0 radical (unpaired) electrons. The van der Waals surface area contributed by atoms with E-state index in [1.54, 1.807) is 0 Å². The lowest BCUT2D eigenvalue weighted by Crippen LogP contribution is -2.19. The lowest BCUT2D eigenvalue weighted by molar-refractivity contribution is -0.497. The molecular formula is C11H10N4O3. The van der Waals surface area contributed by atoms with Gasteiger partial charge in [-0.2, -0.15) is 0 Å². The number of nitrogens with one attached hydrogen (secondary N) is 2. The Morgan fingerprint density at radius 2 is 2.28 bits per heavy atom. The van der Waals surface area contributed by atoms with Crippen molar-refractivity contribution < 1.29 is 9.72 Å². The fraction of sp³-hybridized carbons (Fsp3) is 0.273. The van der Waals surface area contributed by atoms with E-state index in [2.05, 4.69) is 15.3 Å². The quantitative estimate of drug-likeness (QED) is 0.626. The van der Waals surface area contributed by atoms with Crippen LogP contribution in [0.15, 0.2) is 24.3 Å². The summed E-state index contributed by atoms with van der Waals surface area (Å²) >= 11 is 0. The minimum Gasteiger partial charge on any atom is -0.324 e. The molecule has 0 saturated heterocycles. The van der Waals surface area contributed by atoms with Crippen molar-refractivity contribution in [2.45, 2.75) is 12.5 Å². The molecule has 0 spiro atoms. The molecule has 2 N–H and O–H groups in total. The average Bonchev–Trinajstić information content (AvgIpc) is 3.04. The molecule has 1 aromatic heterocycles. The summed E-state index contributed by atoms with van der Waals surface area (Å²) in [4.78, 5) is 28.9. The monoisotopic (exact) mass is 246 g/mol. The summed E-state index contributed by atoms with van der Waals surface area (Å²) in [6.07, 6.45) is 0.305. The van der Waals surface area contributed by atoms with Gasteiger partial charge >= 0.3 is 0 Å². The van der Waals surface area contributed by atoms with E-state index in [0.717, 1.165) is 11.0 Å². The van der Waals surface area contributed by atoms with Crippen molar-refractivity contribution >= 4 is 22.9 Å². The van der Waals surface area contributed by atoms with Gasteiger partial charge in [0.1, 0.15) is 5.92 Å². The number of aromatic nitrogens is 2. The Morgan fingerprint density at radius 1 is 1.50 bits per heavy atom. The number of benzene rings is 1. The minimum atomic E-state index is -0.741. The van der Waals surface area contributed by atoms with Gasteiger partial charge in [0.05, 0.1) is 11.0 Å². The molecule has 1 aliphatic carbocycles. The smallest absolute Gasteiger partial charge is 0.237 e. The topological polar surface area (TPSA) is 101 Å². The lowest BCUT2D eigenvalue weighted by Gasteiger charge is -1.97. The number of rotatable bonds is 3. The van der Waals surface area contributed by atoms with E-state index < -0.39 is 16.9 Å². The first kappa shape index (κ1) is 10.7. The number of hydrogen-bond acceptors (Lipinski definition) is 4. The van der Waals surface area contributed by atoms with E-state index in [-0.39, 0.29) is 5.91 Å². The van der Waals surface area contributed by atoms with E-state index in [9.17, 15) is 14.9 Å². The van der Waals surface area contributed by atoms with Crippen LogP contribution in [0.2, 0.25) is 0 Å². The van der Waals surface area contributed by atoms with Crippen LogP contribution in [0.1, 0.15) is 6.42 Å². The van der Waals surface area contributed by atoms with Crippen molar-refractivity contribution in [2.24, 2.45) is 5.92 Å². The average molecular weight is 246 g/mol. The summed E-state index contributed by atoms with van der Waals surface area (Å²) in [6, 6.07) is 6.62. The van der Waals surface area contributed by atoms with Gasteiger partial charge in [-0.1, -0.05) is 12.1 Å². The number of hydrogen-bond donors (Lipinski definition) is 2. The number of H-pyrrole nitrogens is 1. The minimum absolute atomic E-state index is 0.305. The molecule has 18 heavy (non-hydrogen) atoms. The molecule has 92 valence electrons. The molecule has 1 aliphatic rings. The summed E-state index contributed by atoms with van der Waals surface area (Å²) in [5, 5.41) is 13.0. The third-order valence-corrected chi connectivity index (χ3v) is 3.00. The van der Waals surface area contributed by atoms with Crippen LogP contribution in [0.5, 0.6) is 0 Å². The van der Waals surface area contributed by atoms with Gasteiger partial charge in [-0.15, -0.1) is 0 Å². The van der Waals surface area contributed by atoms with Gasteiger partial charge < -0.3 is 4.98 Å². The fourth-order valence-electron chi connectivity index (χ4n) is 1.92. The Kier molecular flexibility index (Phi) is 2.26. The number of amides is 1. The standard InChI is InChI=1S/C11H10N4O3/c16-10(6-5-9(6)15(17)18)14-11-12-7-3-1-2-4-8(7)13-11/h1-4,6,9H,5H2,(H2,12,13,14,16)/t6-,9-/m0/s1. The van der Waals surface area contributed by atoms with Gasteiger partial charge in [-0.25, -0.2) is 4.98 Å². The number of fused-ring (bicyclic) bond motifs is 1. The first-order valence-electron chi connectivity index (χ1n) is 5.54. The van der Waals surface area contributed by atoms with E-state index in [4.69, 9.17) is 0 Å². The van der Waals surface area contributed by atoms with Crippen molar-refractivity contribution in [3.63, 3.8) is 0 Å². The molecule has 0 unspecified atom stereocenters. The van der Waals surface area contributed by atoms with E-state index in [1.165, 1.54) is 0 Å². The lowest BCUT2D eigenvalue weighted by atomic mass is 10.3. The number of nitro groups is 1. The Labute approximate surface area is 101 Å². The maximum absolute atomic E-state index is 11.7. The van der Waals surface area contributed by atoms with Crippen LogP contribution >= 0.6 is 0 Å². The molecule has 1 amide bonds. The highest BCUT2D eigenvalue weighted by Gasteiger charge is 2.53. The van der Waals surface area contributed by atoms with Crippen LogP contribution in [-0.4, -0.2) is 26.8 Å². The second-order valence-electron chi connectivity index (χ2n) is 4.29. The Bertz CT molecular complexity index is 603. The highest BCUT2D eigenvalue weighted by Crippen LogP contribution is 2.33. The molecule has 1 saturated carbocycles. The predicted octanol–water partition coefficient (Wildman–Crippen LogP) is 1.17. The number of carbonyl (C=O) groups excluding carboxylic acids is 1. The Morgan fingerprint density at radius 3 is 2.94 bits per heavy atom. The van der Waals surface area contributed by atoms with E-state index in [0.29, 0.717) is 12.4 Å². The molecule has 7 nitrogen and oxygen atoms in total. The Hall–Kier alpha value is -2.44. The van der Waals surface area contributed by atoms with Crippen molar-refractivity contribution in [3.8, 4) is 0 Å². The van der Waals surface area contributed by atoms with Crippen LogP contribution in [0.4, 0.5) is 5.95 Å². The zero-order chi connectivity index (χ0) is 12.7. The molecule has 0 bridgehead atoms. The zero-order valence-corrected chi connectivity index (χ0v) is 9.29. The molecule has 2 aromatic rings. The molecule has 1 heterocycles. The summed E-state index contributed by atoms with van der Waals surface area (Å²) in [7, 11) is 0. The van der Waals surface area contributed by atoms with Gasteiger partial charge in [0.15, 0.2) is 0 Å². The normalized spacial score (nSPS) is 21.8. The second kappa shape index (κ2) is 3.80. The van der Waals surface area contributed by atoms with Crippen molar-refractivity contribution in [2.75, 3.05) is 5.32 Å². The summed E-state index contributed by atoms with van der Waals surface area (Å²) in [5.41, 5.74) is 1.56. The SMILES string of the molecule is O=C(Nc1nc2ccccc2[nH]1)[C@H]1C[C@@H]1[N+](=O)[O-]. The summed E-state index contributed by atoms with van der Waals surface area (Å²) < 4.78 is 0. The van der Waals surface area contributed by atoms with Crippen LogP contribution in [0.25, 0.3) is 11.0 Å². The fourth-order valence-corrected chi connectivity index (χ4v) is 1.92. The first-order valence-corrected chi connectivity index (χ1v) is 5.54. The van der Waals surface area contributed by atoms with Crippen LogP contribution in [-0.2, 0) is 4.79 Å². The number of anilines is 1. The third kappa shape index (κ3) is 1.79.